The first-order chi connectivity index (χ1) is 11.3. The molecule has 0 saturated carbocycles. The first-order valence-corrected chi connectivity index (χ1v) is 7.95. The SMILES string of the molecule is O=C(NCc1n[nH]c2c1CCCCC2)c1ccc2n[nH]nc2c1. The van der Waals surface area contributed by atoms with E-state index in [9.17, 15) is 4.79 Å². The molecule has 1 aliphatic carbocycles. The zero-order valence-electron chi connectivity index (χ0n) is 12.7. The van der Waals surface area contributed by atoms with Crippen LogP contribution in [0.25, 0.3) is 11.0 Å². The summed E-state index contributed by atoms with van der Waals surface area (Å²) in [5, 5.41) is 21.0. The van der Waals surface area contributed by atoms with Crippen LogP contribution in [0.1, 0.15) is 46.6 Å². The smallest absolute Gasteiger partial charge is 0.251 e. The van der Waals surface area contributed by atoms with Crippen LogP contribution in [0.4, 0.5) is 0 Å². The molecule has 3 aromatic rings. The number of aromatic nitrogens is 5. The molecule has 0 unspecified atom stereocenters. The van der Waals surface area contributed by atoms with E-state index in [0.29, 0.717) is 17.6 Å². The molecule has 0 saturated heterocycles. The van der Waals surface area contributed by atoms with Crippen molar-refractivity contribution < 1.29 is 4.79 Å². The molecule has 3 N–H and O–H groups in total. The van der Waals surface area contributed by atoms with E-state index in [-0.39, 0.29) is 5.91 Å². The highest BCUT2D eigenvalue weighted by Crippen LogP contribution is 2.21. The largest absolute Gasteiger partial charge is 0.346 e. The number of aromatic amines is 2. The lowest BCUT2D eigenvalue weighted by Crippen LogP contribution is -2.23. The highest BCUT2D eigenvalue weighted by Gasteiger charge is 2.16. The molecule has 0 fully saturated rings. The third-order valence-corrected chi connectivity index (χ3v) is 4.39. The number of carbonyl (C=O) groups excluding carboxylic acids is 1. The molecule has 23 heavy (non-hydrogen) atoms. The minimum absolute atomic E-state index is 0.125. The monoisotopic (exact) mass is 310 g/mol. The topological polar surface area (TPSA) is 99.4 Å². The number of hydrogen-bond donors (Lipinski definition) is 3. The number of rotatable bonds is 3. The first-order valence-electron chi connectivity index (χ1n) is 7.95. The highest BCUT2D eigenvalue weighted by molar-refractivity contribution is 5.97. The second-order valence-corrected chi connectivity index (χ2v) is 5.90. The van der Waals surface area contributed by atoms with Crippen LogP contribution in [0.2, 0.25) is 0 Å². The van der Waals surface area contributed by atoms with Gasteiger partial charge in [0.15, 0.2) is 0 Å². The Labute approximate surface area is 132 Å². The van der Waals surface area contributed by atoms with Gasteiger partial charge in [-0.1, -0.05) is 6.42 Å². The molecule has 0 bridgehead atoms. The lowest BCUT2D eigenvalue weighted by Gasteiger charge is -2.05. The van der Waals surface area contributed by atoms with Crippen LogP contribution in [-0.2, 0) is 19.4 Å². The van der Waals surface area contributed by atoms with Gasteiger partial charge in [0, 0.05) is 11.3 Å². The molecule has 4 rings (SSSR count). The van der Waals surface area contributed by atoms with Crippen LogP contribution < -0.4 is 5.32 Å². The number of aryl methyl sites for hydroxylation is 1. The quantitative estimate of drug-likeness (QED) is 0.643. The van der Waals surface area contributed by atoms with Gasteiger partial charge in [0.25, 0.3) is 5.91 Å². The van der Waals surface area contributed by atoms with Crippen molar-refractivity contribution in [2.45, 2.75) is 38.6 Å². The molecule has 1 aliphatic rings. The lowest BCUT2D eigenvalue weighted by atomic mass is 10.1. The van der Waals surface area contributed by atoms with Gasteiger partial charge in [0.2, 0.25) is 0 Å². The Balaban J connectivity index is 1.48. The van der Waals surface area contributed by atoms with Gasteiger partial charge in [-0.15, -0.1) is 0 Å². The fourth-order valence-corrected chi connectivity index (χ4v) is 3.12. The second-order valence-electron chi connectivity index (χ2n) is 5.90. The van der Waals surface area contributed by atoms with Crippen molar-refractivity contribution in [3.8, 4) is 0 Å². The molecule has 7 nitrogen and oxygen atoms in total. The summed E-state index contributed by atoms with van der Waals surface area (Å²) in [6, 6.07) is 5.28. The number of amides is 1. The summed E-state index contributed by atoms with van der Waals surface area (Å²) in [4.78, 5) is 12.3. The molecule has 0 atom stereocenters. The number of nitrogens with one attached hydrogen (secondary N) is 3. The van der Waals surface area contributed by atoms with Crippen molar-refractivity contribution in [1.82, 2.24) is 30.9 Å². The summed E-state index contributed by atoms with van der Waals surface area (Å²) >= 11 is 0. The highest BCUT2D eigenvalue weighted by atomic mass is 16.1. The van der Waals surface area contributed by atoms with Crippen LogP contribution in [0.5, 0.6) is 0 Å². The zero-order valence-corrected chi connectivity index (χ0v) is 12.7. The second kappa shape index (κ2) is 5.83. The maximum Gasteiger partial charge on any atom is 0.251 e. The number of benzene rings is 1. The summed E-state index contributed by atoms with van der Waals surface area (Å²) in [6.07, 6.45) is 5.75. The lowest BCUT2D eigenvalue weighted by molar-refractivity contribution is 0.0950. The number of fused-ring (bicyclic) bond motifs is 2. The average Bonchev–Trinajstić information content (AvgIpc) is 3.12. The third kappa shape index (κ3) is 2.69. The fourth-order valence-electron chi connectivity index (χ4n) is 3.12. The Morgan fingerprint density at radius 1 is 1.09 bits per heavy atom. The van der Waals surface area contributed by atoms with Crippen molar-refractivity contribution in [2.24, 2.45) is 0 Å². The van der Waals surface area contributed by atoms with E-state index in [2.05, 4.69) is 30.9 Å². The van der Waals surface area contributed by atoms with Gasteiger partial charge in [-0.25, -0.2) is 0 Å². The third-order valence-electron chi connectivity index (χ3n) is 4.39. The predicted octanol–water partition coefficient (Wildman–Crippen LogP) is 1.88. The van der Waals surface area contributed by atoms with E-state index in [1.54, 1.807) is 18.2 Å². The number of nitrogens with zero attached hydrogens (tertiary/aromatic N) is 3. The normalized spacial score (nSPS) is 14.4. The van der Waals surface area contributed by atoms with Crippen LogP contribution in [0.3, 0.4) is 0 Å². The fraction of sp³-hybridized carbons (Fsp3) is 0.375. The summed E-state index contributed by atoms with van der Waals surface area (Å²) in [5.74, 6) is -0.125. The predicted molar refractivity (Wildman–Crippen MR) is 84.9 cm³/mol. The molecule has 0 spiro atoms. The van der Waals surface area contributed by atoms with Crippen LogP contribution in [0, 0.1) is 0 Å². The number of carbonyl (C=O) groups is 1. The van der Waals surface area contributed by atoms with Gasteiger partial charge in [-0.2, -0.15) is 20.5 Å². The van der Waals surface area contributed by atoms with Gasteiger partial charge in [-0.3, -0.25) is 9.89 Å². The molecule has 7 heteroatoms. The zero-order chi connectivity index (χ0) is 15.6. The summed E-state index contributed by atoms with van der Waals surface area (Å²) < 4.78 is 0. The maximum atomic E-state index is 12.3. The molecular weight excluding hydrogens is 292 g/mol. The van der Waals surface area contributed by atoms with Gasteiger partial charge >= 0.3 is 0 Å². The van der Waals surface area contributed by atoms with Gasteiger partial charge in [0.05, 0.1) is 12.2 Å². The summed E-state index contributed by atoms with van der Waals surface area (Å²) in [7, 11) is 0. The maximum absolute atomic E-state index is 12.3. The Kier molecular flexibility index (Phi) is 3.53. The standard InChI is InChI=1S/C16H18N6O/c23-16(10-6-7-13-14(8-10)21-22-20-13)17-9-15-11-4-2-1-3-5-12(11)18-19-15/h6-8H,1-5,9H2,(H,17,23)(H,18,19)(H,20,21,22). The van der Waals surface area contributed by atoms with E-state index in [0.717, 1.165) is 24.1 Å². The first kappa shape index (κ1) is 13.9. The van der Waals surface area contributed by atoms with E-state index < -0.39 is 0 Å². The minimum Gasteiger partial charge on any atom is -0.346 e. The van der Waals surface area contributed by atoms with Crippen molar-refractivity contribution in [2.75, 3.05) is 0 Å². The molecule has 0 aliphatic heterocycles. The Morgan fingerprint density at radius 2 is 1.96 bits per heavy atom. The Bertz CT molecular complexity index is 849. The molecule has 0 radical (unpaired) electrons. The van der Waals surface area contributed by atoms with Crippen molar-refractivity contribution >= 4 is 16.9 Å². The molecule has 2 heterocycles. The van der Waals surface area contributed by atoms with Gasteiger partial charge in [-0.05, 0) is 49.4 Å². The van der Waals surface area contributed by atoms with Crippen molar-refractivity contribution in [3.63, 3.8) is 0 Å². The molecular formula is C16H18N6O. The van der Waals surface area contributed by atoms with Crippen LogP contribution in [-0.4, -0.2) is 31.5 Å². The molecule has 1 amide bonds. The van der Waals surface area contributed by atoms with Gasteiger partial charge < -0.3 is 5.32 Å². The van der Waals surface area contributed by atoms with Crippen molar-refractivity contribution in [1.29, 1.82) is 0 Å². The van der Waals surface area contributed by atoms with E-state index >= 15 is 0 Å². The molecule has 2 aromatic heterocycles. The van der Waals surface area contributed by atoms with Crippen LogP contribution in [0.15, 0.2) is 18.2 Å². The average molecular weight is 310 g/mol. The van der Waals surface area contributed by atoms with E-state index in [1.165, 1.54) is 30.5 Å². The summed E-state index contributed by atoms with van der Waals surface area (Å²) in [5.41, 5.74) is 5.49. The molecule has 118 valence electrons. The summed E-state index contributed by atoms with van der Waals surface area (Å²) in [6.45, 7) is 0.446. The number of hydrogen-bond acceptors (Lipinski definition) is 4. The molecule has 1 aromatic carbocycles. The van der Waals surface area contributed by atoms with Crippen LogP contribution >= 0.6 is 0 Å². The van der Waals surface area contributed by atoms with E-state index in [4.69, 9.17) is 0 Å². The Morgan fingerprint density at radius 3 is 2.91 bits per heavy atom. The Hall–Kier alpha value is -2.70. The van der Waals surface area contributed by atoms with Crippen molar-refractivity contribution in [3.05, 3.63) is 40.7 Å². The number of H-pyrrole nitrogens is 2. The van der Waals surface area contributed by atoms with Gasteiger partial charge in [0.1, 0.15) is 11.0 Å². The van der Waals surface area contributed by atoms with E-state index in [1.807, 2.05) is 0 Å². The minimum atomic E-state index is -0.125.